The minimum atomic E-state index is -0.510. The van der Waals surface area contributed by atoms with Crippen LogP contribution in [0.15, 0.2) is 53.0 Å². The first-order chi connectivity index (χ1) is 9.63. The summed E-state index contributed by atoms with van der Waals surface area (Å²) in [5.74, 6) is 0.625. The van der Waals surface area contributed by atoms with Crippen LogP contribution in [0.25, 0.3) is 12.2 Å². The first-order valence-corrected chi connectivity index (χ1v) is 7.15. The van der Waals surface area contributed by atoms with E-state index in [0.29, 0.717) is 5.75 Å². The number of halogens is 2. The zero-order valence-corrected chi connectivity index (χ0v) is 12.9. The molecule has 0 aliphatic carbocycles. The molecule has 0 heterocycles. The topological polar surface area (TPSA) is 26.3 Å². The molecule has 0 fully saturated rings. The van der Waals surface area contributed by atoms with E-state index in [1.165, 1.54) is 0 Å². The molecular weight excluding hydrogens is 340 g/mol. The summed E-state index contributed by atoms with van der Waals surface area (Å²) in [6.07, 6.45) is 4.05. The minimum Gasteiger partial charge on any atom is -0.484 e. The van der Waals surface area contributed by atoms with Crippen molar-refractivity contribution in [1.29, 1.82) is 0 Å². The van der Waals surface area contributed by atoms with Gasteiger partial charge in [-0.25, -0.2) is 0 Å². The van der Waals surface area contributed by atoms with Gasteiger partial charge in [0.15, 0.2) is 6.61 Å². The molecule has 0 spiro atoms. The summed E-state index contributed by atoms with van der Waals surface area (Å²) in [5.41, 5.74) is 2.18. The number of rotatable bonds is 5. The first kappa shape index (κ1) is 14.8. The van der Waals surface area contributed by atoms with Crippen LogP contribution >= 0.6 is 27.5 Å². The Morgan fingerprint density at radius 3 is 2.00 bits per heavy atom. The Balaban J connectivity index is 1.99. The van der Waals surface area contributed by atoms with Crippen LogP contribution in [-0.2, 0) is 4.79 Å². The highest BCUT2D eigenvalue weighted by Gasteiger charge is 1.98. The van der Waals surface area contributed by atoms with E-state index >= 15 is 0 Å². The highest BCUT2D eigenvalue weighted by atomic mass is 79.9. The third-order valence-corrected chi connectivity index (χ3v) is 3.21. The van der Waals surface area contributed by atoms with Crippen molar-refractivity contribution in [2.45, 2.75) is 0 Å². The second-order valence-electron chi connectivity index (χ2n) is 4.10. The molecule has 2 aromatic rings. The molecule has 102 valence electrons. The molecule has 2 rings (SSSR count). The summed E-state index contributed by atoms with van der Waals surface area (Å²) < 4.78 is 6.25. The Morgan fingerprint density at radius 2 is 1.50 bits per heavy atom. The molecule has 0 amide bonds. The average Bonchev–Trinajstić information content (AvgIpc) is 2.45. The smallest absolute Gasteiger partial charge is 0.259 e. The molecule has 0 aliphatic heterocycles. The molecule has 2 aromatic carbocycles. The van der Waals surface area contributed by atoms with Gasteiger partial charge in [0.2, 0.25) is 0 Å². The molecular formula is C16H12BrClO2. The van der Waals surface area contributed by atoms with Gasteiger partial charge >= 0.3 is 0 Å². The Kier molecular flexibility index (Phi) is 5.39. The molecule has 0 saturated carbocycles. The Labute approximate surface area is 131 Å². The second kappa shape index (κ2) is 7.27. The molecule has 0 N–H and O–H groups in total. The lowest BCUT2D eigenvalue weighted by atomic mass is 10.1. The van der Waals surface area contributed by atoms with E-state index in [0.717, 1.165) is 15.6 Å². The van der Waals surface area contributed by atoms with Crippen LogP contribution in [0.4, 0.5) is 0 Å². The summed E-state index contributed by atoms with van der Waals surface area (Å²) in [4.78, 5) is 10.6. The SMILES string of the molecule is O=C(Cl)COc1ccc(/C=C/c2ccc(Br)cc2)cc1. The molecule has 0 aromatic heterocycles. The van der Waals surface area contributed by atoms with E-state index in [1.807, 2.05) is 48.6 Å². The first-order valence-electron chi connectivity index (χ1n) is 5.98. The van der Waals surface area contributed by atoms with Crippen molar-refractivity contribution < 1.29 is 9.53 Å². The maximum atomic E-state index is 10.6. The second-order valence-corrected chi connectivity index (χ2v) is 5.43. The van der Waals surface area contributed by atoms with Gasteiger partial charge in [-0.3, -0.25) is 4.79 Å². The standard InChI is InChI=1S/C16H12BrClO2/c17-14-7-3-12(4-8-14)1-2-13-5-9-15(10-6-13)20-11-16(18)19/h1-10H,11H2/b2-1+. The number of carbonyl (C=O) groups excluding carboxylic acids is 1. The molecule has 4 heteroatoms. The van der Waals surface area contributed by atoms with Crippen molar-refractivity contribution in [2.75, 3.05) is 6.61 Å². The van der Waals surface area contributed by atoms with Gasteiger partial charge in [0.25, 0.3) is 5.24 Å². The number of ether oxygens (including phenoxy) is 1. The Hall–Kier alpha value is -1.58. The van der Waals surface area contributed by atoms with Crippen molar-refractivity contribution in [3.63, 3.8) is 0 Å². The van der Waals surface area contributed by atoms with Gasteiger partial charge in [0.05, 0.1) is 0 Å². The van der Waals surface area contributed by atoms with Crippen molar-refractivity contribution in [2.24, 2.45) is 0 Å². The summed E-state index contributed by atoms with van der Waals surface area (Å²) >= 11 is 8.61. The third-order valence-electron chi connectivity index (χ3n) is 2.57. The zero-order valence-electron chi connectivity index (χ0n) is 10.6. The molecule has 0 radical (unpaired) electrons. The predicted molar refractivity (Wildman–Crippen MR) is 85.9 cm³/mol. The number of benzene rings is 2. The molecule has 0 saturated heterocycles. The fourth-order valence-electron chi connectivity index (χ4n) is 1.58. The van der Waals surface area contributed by atoms with Crippen LogP contribution < -0.4 is 4.74 Å². The van der Waals surface area contributed by atoms with Gasteiger partial charge in [-0.15, -0.1) is 0 Å². The minimum absolute atomic E-state index is 0.115. The van der Waals surface area contributed by atoms with Gasteiger partial charge in [-0.2, -0.15) is 0 Å². The van der Waals surface area contributed by atoms with Gasteiger partial charge in [0.1, 0.15) is 5.75 Å². The summed E-state index contributed by atoms with van der Waals surface area (Å²) in [5, 5.41) is -0.510. The molecule has 0 aliphatic rings. The van der Waals surface area contributed by atoms with E-state index in [9.17, 15) is 4.79 Å². The normalized spacial score (nSPS) is 10.7. The van der Waals surface area contributed by atoms with Gasteiger partial charge in [-0.1, -0.05) is 52.3 Å². The van der Waals surface area contributed by atoms with Crippen LogP contribution in [-0.4, -0.2) is 11.8 Å². The van der Waals surface area contributed by atoms with Crippen molar-refractivity contribution in [3.8, 4) is 5.75 Å². The highest BCUT2D eigenvalue weighted by molar-refractivity contribution is 9.10. The lowest BCUT2D eigenvalue weighted by molar-refractivity contribution is -0.113. The number of carbonyl (C=O) groups is 1. The van der Waals surface area contributed by atoms with E-state index in [4.69, 9.17) is 16.3 Å². The van der Waals surface area contributed by atoms with E-state index < -0.39 is 5.24 Å². The molecule has 20 heavy (non-hydrogen) atoms. The summed E-state index contributed by atoms with van der Waals surface area (Å²) in [7, 11) is 0. The lowest BCUT2D eigenvalue weighted by Gasteiger charge is -2.02. The molecule has 2 nitrogen and oxygen atoms in total. The monoisotopic (exact) mass is 350 g/mol. The molecule has 0 atom stereocenters. The van der Waals surface area contributed by atoms with Gasteiger partial charge in [-0.05, 0) is 47.0 Å². The van der Waals surface area contributed by atoms with E-state index in [2.05, 4.69) is 15.9 Å². The fourth-order valence-corrected chi connectivity index (χ4v) is 1.90. The summed E-state index contributed by atoms with van der Waals surface area (Å²) in [6, 6.07) is 15.5. The molecule has 0 bridgehead atoms. The van der Waals surface area contributed by atoms with Crippen molar-refractivity contribution >= 4 is 44.9 Å². The quantitative estimate of drug-likeness (QED) is 0.573. The van der Waals surface area contributed by atoms with E-state index in [-0.39, 0.29) is 6.61 Å². The van der Waals surface area contributed by atoms with Crippen LogP contribution in [0, 0.1) is 0 Å². The Morgan fingerprint density at radius 1 is 1.00 bits per heavy atom. The number of hydrogen-bond donors (Lipinski definition) is 0. The molecule has 0 unspecified atom stereocenters. The third kappa shape index (κ3) is 4.83. The largest absolute Gasteiger partial charge is 0.484 e. The van der Waals surface area contributed by atoms with Crippen LogP contribution in [0.5, 0.6) is 5.75 Å². The van der Waals surface area contributed by atoms with E-state index in [1.54, 1.807) is 12.1 Å². The van der Waals surface area contributed by atoms with Gasteiger partial charge < -0.3 is 4.74 Å². The van der Waals surface area contributed by atoms with Crippen LogP contribution in [0.3, 0.4) is 0 Å². The number of hydrogen-bond acceptors (Lipinski definition) is 2. The van der Waals surface area contributed by atoms with Crippen LogP contribution in [0.1, 0.15) is 11.1 Å². The predicted octanol–water partition coefficient (Wildman–Crippen LogP) is 4.76. The maximum Gasteiger partial charge on any atom is 0.259 e. The fraction of sp³-hybridized carbons (Fsp3) is 0.0625. The summed E-state index contributed by atoms with van der Waals surface area (Å²) in [6.45, 7) is -0.115. The Bertz CT molecular complexity index is 603. The average molecular weight is 352 g/mol. The van der Waals surface area contributed by atoms with Gasteiger partial charge in [0, 0.05) is 4.47 Å². The zero-order chi connectivity index (χ0) is 14.4. The lowest BCUT2D eigenvalue weighted by Crippen LogP contribution is -2.03. The van der Waals surface area contributed by atoms with Crippen LogP contribution in [0.2, 0.25) is 0 Å². The maximum absolute atomic E-state index is 10.6. The van der Waals surface area contributed by atoms with Crippen molar-refractivity contribution in [1.82, 2.24) is 0 Å². The van der Waals surface area contributed by atoms with Crippen molar-refractivity contribution in [3.05, 3.63) is 64.1 Å². The highest BCUT2D eigenvalue weighted by Crippen LogP contribution is 2.16.